The number of alkyl halides is 3. The molecule has 1 aromatic carbocycles. The van der Waals surface area contributed by atoms with E-state index in [1.807, 2.05) is 24.3 Å². The number of hydrogen-bond acceptors (Lipinski definition) is 2. The Morgan fingerprint density at radius 3 is 2.39 bits per heavy atom. The van der Waals surface area contributed by atoms with Crippen molar-refractivity contribution in [2.75, 3.05) is 26.2 Å². The molecule has 0 unspecified atom stereocenters. The lowest BCUT2D eigenvalue weighted by atomic mass is 10.1. The molecule has 0 bridgehead atoms. The third-order valence-corrected chi connectivity index (χ3v) is 4.12. The summed E-state index contributed by atoms with van der Waals surface area (Å²) >= 11 is 3.33. The Bertz CT molecular complexity index is 592. The van der Waals surface area contributed by atoms with Gasteiger partial charge in [-0.15, -0.1) is 0 Å². The minimum Gasteiger partial charge on any atom is -0.341 e. The lowest BCUT2D eigenvalue weighted by Crippen LogP contribution is -2.43. The number of carbonyl (C=O) groups excluding carboxylic acids is 2. The fourth-order valence-corrected chi connectivity index (χ4v) is 2.93. The molecule has 4 nitrogen and oxygen atoms in total. The number of halogens is 4. The van der Waals surface area contributed by atoms with Gasteiger partial charge in [0, 0.05) is 30.7 Å². The highest BCUT2D eigenvalue weighted by molar-refractivity contribution is 9.10. The van der Waals surface area contributed by atoms with Crippen molar-refractivity contribution in [3.63, 3.8) is 0 Å². The maximum Gasteiger partial charge on any atom is 0.471 e. The normalized spacial score (nSPS) is 16.2. The van der Waals surface area contributed by atoms with Gasteiger partial charge in [0.2, 0.25) is 5.91 Å². The molecule has 1 aromatic rings. The van der Waals surface area contributed by atoms with Gasteiger partial charge in [0.25, 0.3) is 0 Å². The van der Waals surface area contributed by atoms with E-state index in [0.29, 0.717) is 13.0 Å². The highest BCUT2D eigenvalue weighted by atomic mass is 79.9. The van der Waals surface area contributed by atoms with E-state index in [9.17, 15) is 22.8 Å². The second kappa shape index (κ2) is 7.33. The fourth-order valence-electron chi connectivity index (χ4n) is 2.48. The molecule has 1 fully saturated rings. The summed E-state index contributed by atoms with van der Waals surface area (Å²) in [5.74, 6) is -1.98. The van der Waals surface area contributed by atoms with Crippen molar-refractivity contribution in [1.82, 2.24) is 9.80 Å². The lowest BCUT2D eigenvalue weighted by molar-refractivity contribution is -0.185. The van der Waals surface area contributed by atoms with Gasteiger partial charge in [0.05, 0.1) is 6.42 Å². The van der Waals surface area contributed by atoms with Crippen LogP contribution in [0.4, 0.5) is 13.2 Å². The van der Waals surface area contributed by atoms with E-state index in [4.69, 9.17) is 0 Å². The van der Waals surface area contributed by atoms with Crippen molar-refractivity contribution < 1.29 is 22.8 Å². The average molecular weight is 393 g/mol. The van der Waals surface area contributed by atoms with E-state index >= 15 is 0 Å². The Morgan fingerprint density at radius 1 is 1.09 bits per heavy atom. The molecule has 0 aliphatic carbocycles. The Labute approximate surface area is 140 Å². The summed E-state index contributed by atoms with van der Waals surface area (Å²) in [5.41, 5.74) is 0.830. The van der Waals surface area contributed by atoms with Gasteiger partial charge in [-0.05, 0) is 24.1 Å². The molecule has 2 amide bonds. The molecular formula is C15H16BrF3N2O2. The first-order chi connectivity index (χ1) is 10.8. The standard InChI is InChI=1S/C15H16BrF3N2O2/c16-12-4-1-3-11(9-12)10-13(22)20-5-2-6-21(8-7-20)14(23)15(17,18)19/h1,3-4,9H,2,5-8,10H2. The van der Waals surface area contributed by atoms with Crippen molar-refractivity contribution >= 4 is 27.7 Å². The zero-order chi connectivity index (χ0) is 17.0. The summed E-state index contributed by atoms with van der Waals surface area (Å²) < 4.78 is 38.3. The van der Waals surface area contributed by atoms with E-state index < -0.39 is 12.1 Å². The molecule has 1 aliphatic rings. The number of carbonyl (C=O) groups is 2. The first kappa shape index (κ1) is 17.8. The molecule has 0 radical (unpaired) electrons. The minimum absolute atomic E-state index is 0.0129. The number of hydrogen-bond donors (Lipinski definition) is 0. The number of amides is 2. The van der Waals surface area contributed by atoms with E-state index in [1.54, 1.807) is 0 Å². The Balaban J connectivity index is 1.95. The predicted molar refractivity (Wildman–Crippen MR) is 81.7 cm³/mol. The van der Waals surface area contributed by atoms with Gasteiger partial charge in [-0.25, -0.2) is 0 Å². The highest BCUT2D eigenvalue weighted by Crippen LogP contribution is 2.20. The molecule has 0 N–H and O–H groups in total. The van der Waals surface area contributed by atoms with Crippen LogP contribution in [-0.2, 0) is 16.0 Å². The minimum atomic E-state index is -4.87. The van der Waals surface area contributed by atoms with E-state index in [-0.39, 0.29) is 32.0 Å². The van der Waals surface area contributed by atoms with Crippen molar-refractivity contribution in [3.05, 3.63) is 34.3 Å². The van der Waals surface area contributed by atoms with Gasteiger partial charge < -0.3 is 9.80 Å². The van der Waals surface area contributed by atoms with Crippen LogP contribution in [0.2, 0.25) is 0 Å². The van der Waals surface area contributed by atoms with E-state index in [0.717, 1.165) is 14.9 Å². The Hall–Kier alpha value is -1.57. The van der Waals surface area contributed by atoms with E-state index in [2.05, 4.69) is 15.9 Å². The van der Waals surface area contributed by atoms with Crippen LogP contribution < -0.4 is 0 Å². The van der Waals surface area contributed by atoms with Crippen molar-refractivity contribution in [2.24, 2.45) is 0 Å². The SMILES string of the molecule is O=C(Cc1cccc(Br)c1)N1CCCN(C(=O)C(F)(F)F)CC1. The van der Waals surface area contributed by atoms with Gasteiger partial charge >= 0.3 is 12.1 Å². The van der Waals surface area contributed by atoms with E-state index in [1.165, 1.54) is 4.90 Å². The van der Waals surface area contributed by atoms with Gasteiger partial charge in [0.15, 0.2) is 0 Å². The molecule has 1 aliphatic heterocycles. The number of benzene rings is 1. The second-order valence-electron chi connectivity index (χ2n) is 5.33. The molecule has 126 valence electrons. The first-order valence-electron chi connectivity index (χ1n) is 7.15. The largest absolute Gasteiger partial charge is 0.471 e. The lowest BCUT2D eigenvalue weighted by Gasteiger charge is -2.23. The molecule has 1 heterocycles. The molecule has 1 saturated heterocycles. The fraction of sp³-hybridized carbons (Fsp3) is 0.467. The van der Waals surface area contributed by atoms with Gasteiger partial charge in [-0.2, -0.15) is 13.2 Å². The summed E-state index contributed by atoms with van der Waals surface area (Å²) in [6, 6.07) is 7.31. The van der Waals surface area contributed by atoms with Crippen LogP contribution in [0, 0.1) is 0 Å². The van der Waals surface area contributed by atoms with Crippen molar-refractivity contribution in [3.8, 4) is 0 Å². The van der Waals surface area contributed by atoms with Gasteiger partial charge in [-0.1, -0.05) is 28.1 Å². The van der Waals surface area contributed by atoms with Crippen LogP contribution >= 0.6 is 15.9 Å². The average Bonchev–Trinajstić information content (AvgIpc) is 2.71. The number of nitrogens with zero attached hydrogens (tertiary/aromatic N) is 2. The van der Waals surface area contributed by atoms with Crippen molar-refractivity contribution in [1.29, 1.82) is 0 Å². The summed E-state index contributed by atoms with van der Waals surface area (Å²) in [7, 11) is 0. The zero-order valence-electron chi connectivity index (χ0n) is 12.3. The third-order valence-electron chi connectivity index (χ3n) is 3.62. The highest BCUT2D eigenvalue weighted by Gasteiger charge is 2.42. The predicted octanol–water partition coefficient (Wildman–Crippen LogP) is 2.61. The summed E-state index contributed by atoms with van der Waals surface area (Å²) in [4.78, 5) is 25.8. The van der Waals surface area contributed by atoms with Crippen LogP contribution in [0.15, 0.2) is 28.7 Å². The Kier molecular flexibility index (Phi) is 5.67. The summed E-state index contributed by atoms with van der Waals surface area (Å²) in [6.45, 7) is 0.394. The van der Waals surface area contributed by atoms with Crippen LogP contribution in [0.3, 0.4) is 0 Å². The van der Waals surface area contributed by atoms with Crippen molar-refractivity contribution in [2.45, 2.75) is 19.0 Å². The summed E-state index contributed by atoms with van der Waals surface area (Å²) in [6.07, 6.45) is -4.34. The molecule has 0 atom stereocenters. The van der Waals surface area contributed by atoms with Gasteiger partial charge in [-0.3, -0.25) is 9.59 Å². The molecule has 23 heavy (non-hydrogen) atoms. The summed E-state index contributed by atoms with van der Waals surface area (Å²) in [5, 5.41) is 0. The molecule has 8 heteroatoms. The Morgan fingerprint density at radius 2 is 1.74 bits per heavy atom. The maximum absolute atomic E-state index is 12.5. The van der Waals surface area contributed by atoms with Crippen LogP contribution in [0.5, 0.6) is 0 Å². The molecular weight excluding hydrogens is 377 g/mol. The molecule has 0 aromatic heterocycles. The topological polar surface area (TPSA) is 40.6 Å². The smallest absolute Gasteiger partial charge is 0.341 e. The quantitative estimate of drug-likeness (QED) is 0.775. The molecule has 0 spiro atoms. The van der Waals surface area contributed by atoms with Crippen LogP contribution in [0.1, 0.15) is 12.0 Å². The van der Waals surface area contributed by atoms with Gasteiger partial charge in [0.1, 0.15) is 0 Å². The molecule has 0 saturated carbocycles. The number of rotatable bonds is 2. The first-order valence-corrected chi connectivity index (χ1v) is 7.95. The monoisotopic (exact) mass is 392 g/mol. The van der Waals surface area contributed by atoms with Crippen LogP contribution in [0.25, 0.3) is 0 Å². The zero-order valence-corrected chi connectivity index (χ0v) is 13.9. The second-order valence-corrected chi connectivity index (χ2v) is 6.25. The third kappa shape index (κ3) is 4.95. The molecule has 2 rings (SSSR count). The maximum atomic E-state index is 12.5. The van der Waals surface area contributed by atoms with Crippen LogP contribution in [-0.4, -0.2) is 54.0 Å².